The Bertz CT molecular complexity index is 408. The smallest absolute Gasteiger partial charge is 0.325 e. The molecule has 1 rings (SSSR count). The topological polar surface area (TPSA) is 46.6 Å². The van der Waals surface area contributed by atoms with Gasteiger partial charge in [0.2, 0.25) is 5.91 Å². The van der Waals surface area contributed by atoms with Gasteiger partial charge in [-0.2, -0.15) is 0 Å². The fourth-order valence-corrected chi connectivity index (χ4v) is 1.77. The summed E-state index contributed by atoms with van der Waals surface area (Å²) in [6, 6.07) is 9.53. The van der Waals surface area contributed by atoms with Crippen molar-refractivity contribution < 1.29 is 14.3 Å². The lowest BCUT2D eigenvalue weighted by atomic mass is 10.2. The molecule has 1 amide bonds. The van der Waals surface area contributed by atoms with E-state index in [1.807, 2.05) is 30.3 Å². The molecule has 0 heterocycles. The van der Waals surface area contributed by atoms with Gasteiger partial charge in [-0.3, -0.25) is 9.59 Å². The number of carbonyl (C=O) groups excluding carboxylic acids is 2. The number of methoxy groups -OCH3 is 1. The van der Waals surface area contributed by atoms with Gasteiger partial charge < -0.3 is 9.64 Å². The van der Waals surface area contributed by atoms with Crippen molar-refractivity contribution in [3.63, 3.8) is 0 Å². The van der Waals surface area contributed by atoms with E-state index in [1.165, 1.54) is 12.0 Å². The number of esters is 1. The molecule has 0 atom stereocenters. The molecule has 0 aliphatic rings. The Hall–Kier alpha value is -1.55. The molecule has 0 aromatic heterocycles. The van der Waals surface area contributed by atoms with Crippen LogP contribution in [0.25, 0.3) is 0 Å². The van der Waals surface area contributed by atoms with Crippen molar-refractivity contribution in [3.05, 3.63) is 35.9 Å². The van der Waals surface area contributed by atoms with Crippen LogP contribution in [-0.4, -0.2) is 36.3 Å². The van der Waals surface area contributed by atoms with E-state index in [9.17, 15) is 9.59 Å². The van der Waals surface area contributed by atoms with E-state index >= 15 is 0 Å². The Labute approximate surface area is 118 Å². The van der Waals surface area contributed by atoms with E-state index in [1.54, 1.807) is 0 Å². The van der Waals surface area contributed by atoms with E-state index < -0.39 is 5.97 Å². The number of ether oxygens (including phenoxy) is 1. The largest absolute Gasteiger partial charge is 0.468 e. The zero-order chi connectivity index (χ0) is 14.1. The van der Waals surface area contributed by atoms with E-state index in [2.05, 4.69) is 4.74 Å². The van der Waals surface area contributed by atoms with Crippen LogP contribution in [0.2, 0.25) is 0 Å². The second-order valence-electron chi connectivity index (χ2n) is 4.10. The molecule has 1 aromatic carbocycles. The summed E-state index contributed by atoms with van der Waals surface area (Å²) in [7, 11) is 1.31. The zero-order valence-electron chi connectivity index (χ0n) is 11.0. The summed E-state index contributed by atoms with van der Waals surface area (Å²) in [4.78, 5) is 24.9. The molecule has 0 spiro atoms. The van der Waals surface area contributed by atoms with Crippen LogP contribution in [0.1, 0.15) is 18.4 Å². The highest BCUT2D eigenvalue weighted by molar-refractivity contribution is 6.17. The van der Waals surface area contributed by atoms with Crippen LogP contribution in [0.4, 0.5) is 0 Å². The van der Waals surface area contributed by atoms with E-state index in [-0.39, 0.29) is 12.5 Å². The van der Waals surface area contributed by atoms with Gasteiger partial charge in [-0.1, -0.05) is 30.3 Å². The zero-order valence-corrected chi connectivity index (χ0v) is 11.7. The average molecular weight is 284 g/mol. The van der Waals surface area contributed by atoms with Gasteiger partial charge in [0.15, 0.2) is 0 Å². The molecule has 0 saturated heterocycles. The van der Waals surface area contributed by atoms with Crippen molar-refractivity contribution in [2.45, 2.75) is 19.4 Å². The molecule has 0 radical (unpaired) electrons. The Balaban J connectivity index is 2.68. The lowest BCUT2D eigenvalue weighted by Crippen LogP contribution is -2.35. The van der Waals surface area contributed by atoms with Crippen LogP contribution in [0.5, 0.6) is 0 Å². The first-order valence-electron chi connectivity index (χ1n) is 6.12. The van der Waals surface area contributed by atoms with Gasteiger partial charge in [-0.15, -0.1) is 11.6 Å². The average Bonchev–Trinajstić information content (AvgIpc) is 2.44. The number of nitrogens with zero attached hydrogens (tertiary/aromatic N) is 1. The molecule has 0 bridgehead atoms. The molecule has 104 valence electrons. The third-order valence-electron chi connectivity index (χ3n) is 2.64. The molecule has 0 saturated carbocycles. The molecule has 19 heavy (non-hydrogen) atoms. The van der Waals surface area contributed by atoms with Crippen LogP contribution in [0.15, 0.2) is 30.3 Å². The first kappa shape index (κ1) is 15.5. The quantitative estimate of drug-likeness (QED) is 0.569. The Morgan fingerprint density at radius 1 is 1.26 bits per heavy atom. The highest BCUT2D eigenvalue weighted by atomic mass is 35.5. The van der Waals surface area contributed by atoms with Crippen LogP contribution < -0.4 is 0 Å². The third kappa shape index (κ3) is 5.75. The normalized spacial score (nSPS) is 10.0. The van der Waals surface area contributed by atoms with Crippen LogP contribution in [-0.2, 0) is 20.9 Å². The lowest BCUT2D eigenvalue weighted by Gasteiger charge is -2.21. The van der Waals surface area contributed by atoms with Gasteiger partial charge in [0.1, 0.15) is 6.54 Å². The molecular formula is C14H18ClNO3. The Morgan fingerprint density at radius 3 is 2.53 bits per heavy atom. The number of carbonyl (C=O) groups is 2. The molecule has 0 fully saturated rings. The van der Waals surface area contributed by atoms with Gasteiger partial charge in [-0.25, -0.2) is 0 Å². The van der Waals surface area contributed by atoms with Crippen molar-refractivity contribution in [2.75, 3.05) is 19.5 Å². The number of rotatable bonds is 7. The molecule has 5 heteroatoms. The highest BCUT2D eigenvalue weighted by Crippen LogP contribution is 2.08. The molecule has 1 aromatic rings. The fraction of sp³-hybridized carbons (Fsp3) is 0.429. The van der Waals surface area contributed by atoms with E-state index in [0.29, 0.717) is 25.3 Å². The Kier molecular flexibility index (Phi) is 6.97. The van der Waals surface area contributed by atoms with Gasteiger partial charge in [-0.05, 0) is 12.0 Å². The van der Waals surface area contributed by atoms with Gasteiger partial charge in [0, 0.05) is 18.8 Å². The summed E-state index contributed by atoms with van der Waals surface area (Å²) in [5.74, 6) is -0.0755. The molecule has 0 unspecified atom stereocenters. The maximum Gasteiger partial charge on any atom is 0.325 e. The van der Waals surface area contributed by atoms with Crippen LogP contribution in [0, 0.1) is 0 Å². The summed E-state index contributed by atoms with van der Waals surface area (Å²) < 4.78 is 4.61. The predicted molar refractivity (Wildman–Crippen MR) is 73.8 cm³/mol. The minimum Gasteiger partial charge on any atom is -0.468 e. The number of halogens is 1. The first-order chi connectivity index (χ1) is 9.17. The first-order valence-corrected chi connectivity index (χ1v) is 6.65. The summed E-state index contributed by atoms with van der Waals surface area (Å²) >= 11 is 5.58. The molecular weight excluding hydrogens is 266 g/mol. The maximum atomic E-state index is 12.0. The van der Waals surface area contributed by atoms with Gasteiger partial charge in [0.05, 0.1) is 7.11 Å². The summed E-state index contributed by atoms with van der Waals surface area (Å²) in [5.41, 5.74) is 0.977. The van der Waals surface area contributed by atoms with E-state index in [4.69, 9.17) is 11.6 Å². The predicted octanol–water partition coefficient (Wildman–Crippen LogP) is 2.21. The number of amides is 1. The summed E-state index contributed by atoms with van der Waals surface area (Å²) in [6.07, 6.45) is 0.945. The maximum absolute atomic E-state index is 12.0. The van der Waals surface area contributed by atoms with Crippen LogP contribution in [0.3, 0.4) is 0 Å². The van der Waals surface area contributed by atoms with Crippen molar-refractivity contribution >= 4 is 23.5 Å². The SMILES string of the molecule is COC(=O)CN(Cc1ccccc1)C(=O)CCCCl. The summed E-state index contributed by atoms with van der Waals surface area (Å²) in [5, 5.41) is 0. The second-order valence-corrected chi connectivity index (χ2v) is 4.48. The second kappa shape index (κ2) is 8.53. The van der Waals surface area contributed by atoms with Crippen molar-refractivity contribution in [1.29, 1.82) is 0 Å². The highest BCUT2D eigenvalue weighted by Gasteiger charge is 2.17. The minimum absolute atomic E-state index is 0.0352. The number of benzene rings is 1. The van der Waals surface area contributed by atoms with E-state index in [0.717, 1.165) is 5.56 Å². The Morgan fingerprint density at radius 2 is 1.95 bits per heavy atom. The van der Waals surface area contributed by atoms with Crippen molar-refractivity contribution in [1.82, 2.24) is 4.90 Å². The standard InChI is InChI=1S/C14H18ClNO3/c1-19-14(18)11-16(13(17)8-5-9-15)10-12-6-3-2-4-7-12/h2-4,6-7H,5,8-11H2,1H3. The van der Waals surface area contributed by atoms with Crippen LogP contribution >= 0.6 is 11.6 Å². The van der Waals surface area contributed by atoms with Crippen molar-refractivity contribution in [3.8, 4) is 0 Å². The molecule has 0 aliphatic heterocycles. The molecule has 4 nitrogen and oxygen atoms in total. The number of hydrogen-bond acceptors (Lipinski definition) is 3. The monoisotopic (exact) mass is 283 g/mol. The molecule has 0 N–H and O–H groups in total. The molecule has 0 aliphatic carbocycles. The van der Waals surface area contributed by atoms with Gasteiger partial charge in [0.25, 0.3) is 0 Å². The fourth-order valence-electron chi connectivity index (χ4n) is 1.63. The third-order valence-corrected chi connectivity index (χ3v) is 2.91. The summed E-state index contributed by atoms with van der Waals surface area (Å²) in [6.45, 7) is 0.365. The van der Waals surface area contributed by atoms with Gasteiger partial charge >= 0.3 is 5.97 Å². The number of alkyl halides is 1. The minimum atomic E-state index is -0.421. The number of hydrogen-bond donors (Lipinski definition) is 0. The van der Waals surface area contributed by atoms with Crippen molar-refractivity contribution in [2.24, 2.45) is 0 Å². The lowest BCUT2D eigenvalue weighted by molar-refractivity contribution is -0.147.